The molecule has 0 spiro atoms. The maximum Gasteiger partial charge on any atom is 2.00 e. The molecule has 0 atom stereocenters. The van der Waals surface area contributed by atoms with Gasteiger partial charge in [-0.25, -0.2) is 0 Å². The van der Waals surface area contributed by atoms with E-state index < -0.39 is 0 Å². The summed E-state index contributed by atoms with van der Waals surface area (Å²) in [6, 6.07) is 15.1. The van der Waals surface area contributed by atoms with Crippen LogP contribution in [0.2, 0.25) is 0 Å². The van der Waals surface area contributed by atoms with Gasteiger partial charge in [0.2, 0.25) is 5.52 Å². The molecule has 3 rings (SSSR count). The van der Waals surface area contributed by atoms with E-state index in [-0.39, 0.29) is 15.9 Å². The molecule has 78 valence electrons. The number of benzene rings is 2. The fourth-order valence-electron chi connectivity index (χ4n) is 1.69. The van der Waals surface area contributed by atoms with E-state index in [1.807, 2.05) is 36.4 Å². The number of rotatable bonds is 1. The van der Waals surface area contributed by atoms with Crippen LogP contribution in [0, 0.1) is 0 Å². The summed E-state index contributed by atoms with van der Waals surface area (Å²) in [5.41, 5.74) is 1.81. The van der Waals surface area contributed by atoms with Gasteiger partial charge in [-0.2, -0.15) is 4.98 Å². The molecule has 0 radical (unpaired) electrons. The molecule has 0 aliphatic heterocycles. The van der Waals surface area contributed by atoms with Crippen molar-refractivity contribution in [1.29, 1.82) is 0 Å². The number of nitrogens with one attached hydrogen (secondary N) is 1. The van der Waals surface area contributed by atoms with Gasteiger partial charge in [-0.05, 0) is 12.1 Å². The molecule has 0 fully saturated rings. The predicted octanol–water partition coefficient (Wildman–Crippen LogP) is 2.08. The molecule has 0 unspecified atom stereocenters. The first-order valence-electron chi connectivity index (χ1n) is 5.02. The van der Waals surface area contributed by atoms with E-state index in [2.05, 4.69) is 4.98 Å². The number of thiazole rings is 1. The fraction of sp³-hybridized carbons (Fsp3) is 0. The van der Waals surface area contributed by atoms with Crippen LogP contribution in [-0.2, 0) is 0 Å². The number of para-hydroxylation sites is 2. The van der Waals surface area contributed by atoms with Crippen LogP contribution in [0.15, 0.2) is 48.5 Å². The maximum absolute atomic E-state index is 11.7. The van der Waals surface area contributed by atoms with Crippen LogP contribution in [0.4, 0.5) is 0 Å². The average Bonchev–Trinajstić information content (AvgIpc) is 2.73. The summed E-state index contributed by atoms with van der Waals surface area (Å²) < 4.78 is 1.17. The van der Waals surface area contributed by atoms with Crippen molar-refractivity contribution >= 4 is 31.7 Å². The summed E-state index contributed by atoms with van der Waals surface area (Å²) in [6.45, 7) is 0. The van der Waals surface area contributed by atoms with Gasteiger partial charge in [-0.15, -0.1) is 0 Å². The van der Waals surface area contributed by atoms with Crippen LogP contribution in [0.25, 0.3) is 20.8 Å². The van der Waals surface area contributed by atoms with Crippen molar-refractivity contribution < 1.29 is 10.1 Å². The minimum absolute atomic E-state index is 0. The predicted molar refractivity (Wildman–Crippen MR) is 69.0 cm³/mol. The Bertz CT molecular complexity index is 617. The molecule has 0 aliphatic carbocycles. The number of fused-ring (bicyclic) bond motifs is 1. The van der Waals surface area contributed by atoms with E-state index in [0.29, 0.717) is 0 Å². The molecular weight excluding hydrogens is 227 g/mol. The van der Waals surface area contributed by atoms with Crippen LogP contribution < -0.4 is 10.1 Å². The Morgan fingerprint density at radius 2 is 1.65 bits per heavy atom. The monoisotopic (exact) mass is 236 g/mol. The van der Waals surface area contributed by atoms with Crippen molar-refractivity contribution in [3.05, 3.63) is 48.5 Å². The van der Waals surface area contributed by atoms with E-state index in [1.165, 1.54) is 4.70 Å². The van der Waals surface area contributed by atoms with E-state index >= 15 is 0 Å². The Labute approximate surface area is 107 Å². The van der Waals surface area contributed by atoms with Crippen molar-refractivity contribution in [3.8, 4) is 16.3 Å². The first kappa shape index (κ1) is 11.8. The third-order valence-electron chi connectivity index (χ3n) is 2.48. The molecule has 1 N–H and O–H groups in total. The number of aromatic nitrogens is 1. The van der Waals surface area contributed by atoms with Gasteiger partial charge in [0.15, 0.2) is 0 Å². The van der Waals surface area contributed by atoms with Gasteiger partial charge in [0.25, 0.3) is 5.01 Å². The van der Waals surface area contributed by atoms with E-state index in [1.54, 1.807) is 23.5 Å². The second-order valence-corrected chi connectivity index (χ2v) is 4.60. The topological polar surface area (TPSA) is 37.2 Å². The first-order chi connectivity index (χ1) is 7.84. The van der Waals surface area contributed by atoms with Crippen LogP contribution in [0.3, 0.4) is 0 Å². The Balaban J connectivity index is 0.00000108. The van der Waals surface area contributed by atoms with Gasteiger partial charge in [-0.1, -0.05) is 47.4 Å². The molecule has 2 aromatic carbocycles. The van der Waals surface area contributed by atoms with Gasteiger partial charge >= 0.3 is 10.1 Å². The number of hydrogen-bond donors (Lipinski definition) is 0. The van der Waals surface area contributed by atoms with Crippen molar-refractivity contribution in [1.82, 2.24) is 0 Å². The standard InChI is InChI=1S/C13H9NOS.Be/c15-11-7-3-1-5-9(11)13-14-10-6-2-4-8-12(10)16-13;/h1-8,15H;/q;+2. The Kier molecular flexibility index (Phi) is 3.23. The maximum atomic E-state index is 11.7. The van der Waals surface area contributed by atoms with Crippen molar-refractivity contribution in [2.24, 2.45) is 0 Å². The number of aromatic amines is 1. The number of H-pyrrole nitrogens is 1. The molecule has 1 heterocycles. The van der Waals surface area contributed by atoms with Gasteiger partial charge in [-0.3, -0.25) is 0 Å². The third kappa shape index (κ3) is 2.07. The minimum atomic E-state index is 0. The number of hydrogen-bond acceptors (Lipinski definition) is 2. The molecule has 0 amide bonds. The summed E-state index contributed by atoms with van der Waals surface area (Å²) >= 11 is 1.61. The third-order valence-corrected chi connectivity index (χ3v) is 3.58. The van der Waals surface area contributed by atoms with E-state index in [0.717, 1.165) is 16.1 Å². The quantitative estimate of drug-likeness (QED) is 0.596. The van der Waals surface area contributed by atoms with Crippen molar-refractivity contribution in [2.45, 2.75) is 0 Å². The molecule has 0 saturated heterocycles. The molecule has 17 heavy (non-hydrogen) atoms. The average molecular weight is 236 g/mol. The zero-order valence-corrected chi connectivity index (χ0v) is 9.96. The van der Waals surface area contributed by atoms with Gasteiger partial charge in [0.05, 0.1) is 0 Å². The fourth-order valence-corrected chi connectivity index (χ4v) is 2.73. The molecule has 2 nitrogen and oxygen atoms in total. The molecular formula is C13H9BeNOS+2. The SMILES string of the molecule is [Be+2].[O-]c1ccccc1-c1[nH+]c2ccccc2s1. The largest absolute Gasteiger partial charge is 2.00 e. The van der Waals surface area contributed by atoms with Crippen molar-refractivity contribution in [2.75, 3.05) is 0 Å². The zero-order chi connectivity index (χ0) is 11.0. The Morgan fingerprint density at radius 1 is 0.941 bits per heavy atom. The van der Waals surface area contributed by atoms with Gasteiger partial charge < -0.3 is 5.11 Å². The van der Waals surface area contributed by atoms with Crippen LogP contribution in [0.1, 0.15) is 0 Å². The minimum Gasteiger partial charge on any atom is -0.872 e. The summed E-state index contributed by atoms with van der Waals surface area (Å²) in [7, 11) is 0. The summed E-state index contributed by atoms with van der Waals surface area (Å²) in [5, 5.41) is 12.6. The summed E-state index contributed by atoms with van der Waals surface area (Å²) in [6.07, 6.45) is 0. The molecule has 0 saturated carbocycles. The summed E-state index contributed by atoms with van der Waals surface area (Å²) in [5.74, 6) is 0.0605. The second kappa shape index (κ2) is 4.66. The van der Waals surface area contributed by atoms with E-state index in [9.17, 15) is 5.11 Å². The molecule has 0 bridgehead atoms. The van der Waals surface area contributed by atoms with Gasteiger partial charge in [0, 0.05) is 11.6 Å². The summed E-state index contributed by atoms with van der Waals surface area (Å²) in [4.78, 5) is 3.27. The first-order valence-corrected chi connectivity index (χ1v) is 5.83. The second-order valence-electron chi connectivity index (χ2n) is 3.55. The Morgan fingerprint density at radius 3 is 2.41 bits per heavy atom. The smallest absolute Gasteiger partial charge is 0.872 e. The molecule has 3 aromatic rings. The van der Waals surface area contributed by atoms with Crippen molar-refractivity contribution in [3.63, 3.8) is 0 Å². The molecule has 1 aromatic heterocycles. The normalized spacial score (nSPS) is 10.1. The van der Waals surface area contributed by atoms with Crippen LogP contribution in [-0.4, -0.2) is 10.1 Å². The van der Waals surface area contributed by atoms with Crippen LogP contribution in [0.5, 0.6) is 5.75 Å². The Hall–Kier alpha value is -1.70. The molecule has 4 heteroatoms. The molecule has 0 aliphatic rings. The zero-order valence-electron chi connectivity index (χ0n) is 9.14. The van der Waals surface area contributed by atoms with E-state index in [4.69, 9.17) is 0 Å². The van der Waals surface area contributed by atoms with Gasteiger partial charge in [0.1, 0.15) is 4.70 Å². The van der Waals surface area contributed by atoms with Crippen LogP contribution >= 0.6 is 11.3 Å².